The summed E-state index contributed by atoms with van der Waals surface area (Å²) < 4.78 is 36.0. The molecule has 36 heavy (non-hydrogen) atoms. The second-order valence-electron chi connectivity index (χ2n) is 9.15. The first-order valence-electron chi connectivity index (χ1n) is 11.9. The molecule has 1 aliphatic heterocycles. The summed E-state index contributed by atoms with van der Waals surface area (Å²) in [5, 5.41) is 0.811. The van der Waals surface area contributed by atoms with Gasteiger partial charge in [0, 0.05) is 31.8 Å². The van der Waals surface area contributed by atoms with Crippen LogP contribution in [0.2, 0.25) is 10.0 Å². The Balaban J connectivity index is 1.65. The Hall–Kier alpha value is -1.75. The quantitative estimate of drug-likeness (QED) is 0.354. The molecule has 1 fully saturated rings. The maximum absolute atomic E-state index is 13.2. The van der Waals surface area contributed by atoms with E-state index in [0.717, 1.165) is 11.1 Å². The second-order valence-corrected chi connectivity index (χ2v) is 12.9. The van der Waals surface area contributed by atoms with Crippen molar-refractivity contribution >= 4 is 60.7 Å². The minimum absolute atomic E-state index is 0.176. The lowest BCUT2D eigenvalue weighted by molar-refractivity contribution is 0.0996. The van der Waals surface area contributed by atoms with Crippen LogP contribution < -0.4 is 4.80 Å². The van der Waals surface area contributed by atoms with Crippen LogP contribution in [0.4, 0.5) is 0 Å². The van der Waals surface area contributed by atoms with E-state index in [1.807, 2.05) is 17.6 Å². The molecule has 1 saturated heterocycles. The predicted octanol–water partition coefficient (Wildman–Crippen LogP) is 5.45. The van der Waals surface area contributed by atoms with Gasteiger partial charge in [0.2, 0.25) is 10.0 Å². The van der Waals surface area contributed by atoms with Gasteiger partial charge in [0.15, 0.2) is 4.80 Å². The minimum atomic E-state index is -3.63. The molecule has 3 aromatic rings. The third-order valence-electron chi connectivity index (χ3n) is 6.17. The van der Waals surface area contributed by atoms with E-state index in [4.69, 9.17) is 27.9 Å². The van der Waals surface area contributed by atoms with Gasteiger partial charge in [-0.1, -0.05) is 48.4 Å². The van der Waals surface area contributed by atoms with E-state index in [1.165, 1.54) is 35.6 Å². The molecule has 2 atom stereocenters. The number of thiazole rings is 1. The molecule has 0 bridgehead atoms. The number of nitrogens with zero attached hydrogens (tertiary/aromatic N) is 3. The first-order valence-corrected chi connectivity index (χ1v) is 14.9. The van der Waals surface area contributed by atoms with Gasteiger partial charge < -0.3 is 9.30 Å². The lowest BCUT2D eigenvalue weighted by atomic mass is 9.94. The van der Waals surface area contributed by atoms with Crippen LogP contribution in [0.25, 0.3) is 10.2 Å². The van der Waals surface area contributed by atoms with Crippen LogP contribution in [0.5, 0.6) is 0 Å². The maximum Gasteiger partial charge on any atom is 0.279 e. The molecule has 1 amide bonds. The number of aromatic nitrogens is 1. The largest absolute Gasteiger partial charge is 0.380 e. The minimum Gasteiger partial charge on any atom is -0.380 e. The predicted molar refractivity (Wildman–Crippen MR) is 144 cm³/mol. The molecule has 0 radical (unpaired) electrons. The van der Waals surface area contributed by atoms with Crippen molar-refractivity contribution in [2.45, 2.75) is 38.6 Å². The second kappa shape index (κ2) is 11.3. The highest BCUT2D eigenvalue weighted by Gasteiger charge is 2.31. The molecule has 2 unspecified atom stereocenters. The standard InChI is InChI=1S/C25H29Cl2N3O4S2/c1-4-34-12-11-30-23-21(10-9-20(26)22(23)27)35-25(30)28-24(31)18-5-7-19(8-6-18)36(32,33)29-14-16(2)13-17(3)15-29/h5-10,16-17H,4,11-15H2,1-3H3. The summed E-state index contributed by atoms with van der Waals surface area (Å²) in [4.78, 5) is 18.0. The van der Waals surface area contributed by atoms with Crippen LogP contribution in [-0.4, -0.2) is 49.5 Å². The molecule has 2 heterocycles. The van der Waals surface area contributed by atoms with E-state index in [-0.39, 0.29) is 4.90 Å². The lowest BCUT2D eigenvalue weighted by Crippen LogP contribution is -2.42. The molecule has 0 saturated carbocycles. The number of ether oxygens (including phenoxy) is 1. The number of benzene rings is 2. The molecular formula is C25H29Cl2N3O4S2. The highest BCUT2D eigenvalue weighted by Crippen LogP contribution is 2.32. The SMILES string of the molecule is CCOCCn1c(=NC(=O)c2ccc(S(=O)(=O)N3CC(C)CC(C)C3)cc2)sc2ccc(Cl)c(Cl)c21. The highest BCUT2D eigenvalue weighted by molar-refractivity contribution is 7.89. The molecule has 4 rings (SSSR count). The number of piperidine rings is 1. The summed E-state index contributed by atoms with van der Waals surface area (Å²) in [5.41, 5.74) is 0.999. The number of carbonyl (C=O) groups excluding carboxylic acids is 1. The summed E-state index contributed by atoms with van der Waals surface area (Å²) in [6.07, 6.45) is 1.01. The zero-order chi connectivity index (χ0) is 26.0. The Bertz CT molecular complexity index is 1420. The number of fused-ring (bicyclic) bond motifs is 1. The molecule has 0 N–H and O–H groups in total. The Labute approximate surface area is 225 Å². The van der Waals surface area contributed by atoms with Gasteiger partial charge in [-0.2, -0.15) is 9.30 Å². The molecule has 1 aromatic heterocycles. The van der Waals surface area contributed by atoms with E-state index in [1.54, 1.807) is 10.4 Å². The Morgan fingerprint density at radius 3 is 2.42 bits per heavy atom. The van der Waals surface area contributed by atoms with Gasteiger partial charge >= 0.3 is 0 Å². The van der Waals surface area contributed by atoms with Crippen LogP contribution in [0.1, 0.15) is 37.6 Å². The van der Waals surface area contributed by atoms with Crippen molar-refractivity contribution in [2.24, 2.45) is 16.8 Å². The van der Waals surface area contributed by atoms with Crippen LogP contribution in [0.3, 0.4) is 0 Å². The van der Waals surface area contributed by atoms with Crippen molar-refractivity contribution in [1.82, 2.24) is 8.87 Å². The van der Waals surface area contributed by atoms with E-state index < -0.39 is 15.9 Å². The van der Waals surface area contributed by atoms with Crippen molar-refractivity contribution in [2.75, 3.05) is 26.3 Å². The molecule has 1 aliphatic rings. The summed E-state index contributed by atoms with van der Waals surface area (Å²) in [5.74, 6) is 0.141. The summed E-state index contributed by atoms with van der Waals surface area (Å²) >= 11 is 14.0. The van der Waals surface area contributed by atoms with E-state index >= 15 is 0 Å². The first kappa shape index (κ1) is 27.3. The number of rotatable bonds is 7. The first-order chi connectivity index (χ1) is 17.1. The molecular weight excluding hydrogens is 541 g/mol. The zero-order valence-electron chi connectivity index (χ0n) is 20.4. The summed E-state index contributed by atoms with van der Waals surface area (Å²) in [6, 6.07) is 9.54. The lowest BCUT2D eigenvalue weighted by Gasteiger charge is -2.34. The third kappa shape index (κ3) is 5.71. The number of hydrogen-bond donors (Lipinski definition) is 0. The summed E-state index contributed by atoms with van der Waals surface area (Å²) in [6.45, 7) is 8.48. The van der Waals surface area contributed by atoms with Gasteiger partial charge in [-0.3, -0.25) is 4.79 Å². The molecule has 2 aromatic carbocycles. The average Bonchev–Trinajstić information content (AvgIpc) is 3.18. The zero-order valence-corrected chi connectivity index (χ0v) is 23.6. The molecule has 0 aliphatic carbocycles. The smallest absolute Gasteiger partial charge is 0.279 e. The Kier molecular flexibility index (Phi) is 8.59. The van der Waals surface area contributed by atoms with Gasteiger partial charge in [0.05, 0.1) is 31.8 Å². The van der Waals surface area contributed by atoms with Crippen molar-refractivity contribution in [3.63, 3.8) is 0 Å². The molecule has 194 valence electrons. The fourth-order valence-corrected chi connectivity index (χ4v) is 7.79. The van der Waals surface area contributed by atoms with Gasteiger partial charge in [0.1, 0.15) is 0 Å². The number of halogens is 2. The van der Waals surface area contributed by atoms with Crippen LogP contribution in [-0.2, 0) is 21.3 Å². The molecule has 11 heteroatoms. The van der Waals surface area contributed by atoms with Crippen molar-refractivity contribution < 1.29 is 17.9 Å². The molecule has 0 spiro atoms. The average molecular weight is 571 g/mol. The number of sulfonamides is 1. The number of hydrogen-bond acceptors (Lipinski definition) is 5. The van der Waals surface area contributed by atoms with Gasteiger partial charge in [-0.15, -0.1) is 0 Å². The Morgan fingerprint density at radius 2 is 1.78 bits per heavy atom. The van der Waals surface area contributed by atoms with Gasteiger partial charge in [-0.05, 0) is 61.6 Å². The highest BCUT2D eigenvalue weighted by atomic mass is 35.5. The fraction of sp³-hybridized carbons (Fsp3) is 0.440. The van der Waals surface area contributed by atoms with E-state index in [2.05, 4.69) is 18.8 Å². The van der Waals surface area contributed by atoms with Crippen LogP contribution >= 0.6 is 34.5 Å². The van der Waals surface area contributed by atoms with Gasteiger partial charge in [0.25, 0.3) is 5.91 Å². The topological polar surface area (TPSA) is 81.0 Å². The van der Waals surface area contributed by atoms with E-state index in [9.17, 15) is 13.2 Å². The van der Waals surface area contributed by atoms with Crippen LogP contribution in [0, 0.1) is 11.8 Å². The normalized spacial score (nSPS) is 19.8. The van der Waals surface area contributed by atoms with E-state index in [0.29, 0.717) is 70.6 Å². The van der Waals surface area contributed by atoms with Crippen LogP contribution in [0.15, 0.2) is 46.3 Å². The van der Waals surface area contributed by atoms with Crippen molar-refractivity contribution in [3.05, 3.63) is 56.8 Å². The monoisotopic (exact) mass is 569 g/mol. The molecule has 7 nitrogen and oxygen atoms in total. The maximum atomic E-state index is 13.2. The number of carbonyl (C=O) groups is 1. The number of amides is 1. The third-order valence-corrected chi connectivity index (χ3v) is 9.85. The summed E-state index contributed by atoms with van der Waals surface area (Å²) in [7, 11) is -3.63. The Morgan fingerprint density at radius 1 is 1.11 bits per heavy atom. The van der Waals surface area contributed by atoms with Crippen molar-refractivity contribution in [3.8, 4) is 0 Å². The fourth-order valence-electron chi connectivity index (χ4n) is 4.57. The van der Waals surface area contributed by atoms with Crippen molar-refractivity contribution in [1.29, 1.82) is 0 Å². The van der Waals surface area contributed by atoms with Gasteiger partial charge in [-0.25, -0.2) is 8.42 Å².